The van der Waals surface area contributed by atoms with E-state index in [0.717, 1.165) is 6.54 Å². The Morgan fingerprint density at radius 1 is 1.58 bits per heavy atom. The Labute approximate surface area is 72.6 Å². The molecule has 0 saturated carbocycles. The molecule has 1 heterocycles. The van der Waals surface area contributed by atoms with Crippen molar-refractivity contribution in [3.63, 3.8) is 0 Å². The van der Waals surface area contributed by atoms with Gasteiger partial charge in [0, 0.05) is 19.3 Å². The Balaban J connectivity index is 2.58. The minimum absolute atomic E-state index is 0.398. The Morgan fingerprint density at radius 2 is 2.25 bits per heavy atom. The normalized spacial score (nSPS) is 27.3. The summed E-state index contributed by atoms with van der Waals surface area (Å²) in [6.07, 6.45) is 1.23. The highest BCUT2D eigenvalue weighted by Gasteiger charge is 2.26. The van der Waals surface area contributed by atoms with E-state index in [-0.39, 0.29) is 0 Å². The van der Waals surface area contributed by atoms with Crippen LogP contribution in [0.4, 0.5) is 0 Å². The van der Waals surface area contributed by atoms with Gasteiger partial charge in [-0.1, -0.05) is 0 Å². The van der Waals surface area contributed by atoms with Crippen LogP contribution in [0, 0.1) is 0 Å². The lowest BCUT2D eigenvalue weighted by molar-refractivity contribution is -0.139. The SMILES string of the molecule is CON1CCNC(S(C)(=O)=O)C1. The van der Waals surface area contributed by atoms with Crippen LogP contribution in [0.25, 0.3) is 0 Å². The van der Waals surface area contributed by atoms with Crippen LogP contribution in [0.1, 0.15) is 0 Å². The average molecular weight is 194 g/mol. The number of piperazine rings is 1. The predicted octanol–water partition coefficient (Wildman–Crippen LogP) is -1.18. The Hall–Kier alpha value is -0.170. The fraction of sp³-hybridized carbons (Fsp3) is 1.00. The molecule has 0 aromatic heterocycles. The lowest BCUT2D eigenvalue weighted by Gasteiger charge is -2.30. The molecule has 1 atom stereocenters. The summed E-state index contributed by atoms with van der Waals surface area (Å²) >= 11 is 0. The number of hydroxylamine groups is 2. The zero-order chi connectivity index (χ0) is 9.19. The van der Waals surface area contributed by atoms with Crippen molar-refractivity contribution in [1.82, 2.24) is 10.4 Å². The summed E-state index contributed by atoms with van der Waals surface area (Å²) < 4.78 is 22.2. The van der Waals surface area contributed by atoms with Crippen LogP contribution in [0.3, 0.4) is 0 Å². The summed E-state index contributed by atoms with van der Waals surface area (Å²) in [6.45, 7) is 1.77. The van der Waals surface area contributed by atoms with Crippen molar-refractivity contribution in [2.75, 3.05) is 33.0 Å². The third-order valence-corrected chi connectivity index (χ3v) is 3.23. The van der Waals surface area contributed by atoms with Gasteiger partial charge in [0.15, 0.2) is 9.84 Å². The molecule has 0 aromatic carbocycles. The van der Waals surface area contributed by atoms with E-state index in [1.54, 1.807) is 12.2 Å². The molecule has 0 aromatic rings. The van der Waals surface area contributed by atoms with Crippen molar-refractivity contribution in [2.45, 2.75) is 5.37 Å². The highest BCUT2D eigenvalue weighted by atomic mass is 32.2. The first-order chi connectivity index (χ1) is 5.54. The van der Waals surface area contributed by atoms with Gasteiger partial charge in [-0.05, 0) is 0 Å². The lowest BCUT2D eigenvalue weighted by Crippen LogP contribution is -2.53. The molecule has 6 heteroatoms. The van der Waals surface area contributed by atoms with Crippen molar-refractivity contribution in [3.8, 4) is 0 Å². The fourth-order valence-corrected chi connectivity index (χ4v) is 2.00. The first-order valence-electron chi connectivity index (χ1n) is 3.75. The Kier molecular flexibility index (Phi) is 3.05. The zero-order valence-electron chi connectivity index (χ0n) is 7.28. The second-order valence-corrected chi connectivity index (χ2v) is 5.07. The third-order valence-electron chi connectivity index (χ3n) is 1.88. The molecule has 5 nitrogen and oxygen atoms in total. The van der Waals surface area contributed by atoms with Crippen LogP contribution in [0.2, 0.25) is 0 Å². The summed E-state index contributed by atoms with van der Waals surface area (Å²) in [5, 5.41) is 4.06. The monoisotopic (exact) mass is 194 g/mol. The second-order valence-electron chi connectivity index (χ2n) is 2.84. The van der Waals surface area contributed by atoms with Gasteiger partial charge >= 0.3 is 0 Å². The highest BCUT2D eigenvalue weighted by Crippen LogP contribution is 2.03. The van der Waals surface area contributed by atoms with Gasteiger partial charge in [-0.15, -0.1) is 0 Å². The van der Waals surface area contributed by atoms with Crippen molar-refractivity contribution < 1.29 is 13.3 Å². The summed E-state index contributed by atoms with van der Waals surface area (Å²) in [4.78, 5) is 4.95. The molecular formula is C6H14N2O3S. The molecule has 72 valence electrons. The van der Waals surface area contributed by atoms with Gasteiger partial charge in [0.2, 0.25) is 0 Å². The molecule has 0 bridgehead atoms. The van der Waals surface area contributed by atoms with Crippen molar-refractivity contribution >= 4 is 9.84 Å². The van der Waals surface area contributed by atoms with Gasteiger partial charge < -0.3 is 4.84 Å². The van der Waals surface area contributed by atoms with Crippen molar-refractivity contribution in [3.05, 3.63) is 0 Å². The number of rotatable bonds is 2. The van der Waals surface area contributed by atoms with E-state index in [4.69, 9.17) is 4.84 Å². The standard InChI is InChI=1S/C6H14N2O3S/c1-11-8-4-3-7-6(5-8)12(2,9)10/h6-7H,3-5H2,1-2H3. The van der Waals surface area contributed by atoms with Crippen molar-refractivity contribution in [2.24, 2.45) is 0 Å². The summed E-state index contributed by atoms with van der Waals surface area (Å²) in [6, 6.07) is 0. The number of nitrogens with one attached hydrogen (secondary N) is 1. The molecule has 0 amide bonds. The summed E-state index contributed by atoms with van der Waals surface area (Å²) in [7, 11) is -1.46. The van der Waals surface area contributed by atoms with Crippen LogP contribution in [0.5, 0.6) is 0 Å². The number of nitrogens with zero attached hydrogens (tertiary/aromatic N) is 1. The molecule has 1 saturated heterocycles. The fourth-order valence-electron chi connectivity index (χ4n) is 1.14. The van der Waals surface area contributed by atoms with Gasteiger partial charge in [-0.3, -0.25) is 5.32 Å². The largest absolute Gasteiger partial charge is 0.302 e. The van der Waals surface area contributed by atoms with Gasteiger partial charge in [-0.2, -0.15) is 5.06 Å². The molecule has 1 aliphatic heterocycles. The highest BCUT2D eigenvalue weighted by molar-refractivity contribution is 7.91. The van der Waals surface area contributed by atoms with Gasteiger partial charge in [0.25, 0.3) is 0 Å². The van der Waals surface area contributed by atoms with Crippen LogP contribution < -0.4 is 5.32 Å². The topological polar surface area (TPSA) is 58.6 Å². The molecule has 1 unspecified atom stereocenters. The summed E-state index contributed by atoms with van der Waals surface area (Å²) in [5.41, 5.74) is 0. The minimum Gasteiger partial charge on any atom is -0.302 e. The predicted molar refractivity (Wildman–Crippen MR) is 45.2 cm³/mol. The molecule has 1 fully saturated rings. The number of sulfone groups is 1. The molecule has 12 heavy (non-hydrogen) atoms. The Bertz CT molecular complexity index is 239. The molecule has 1 rings (SSSR count). The summed E-state index contributed by atoms with van der Waals surface area (Å²) in [5.74, 6) is 0. The maximum Gasteiger partial charge on any atom is 0.164 e. The van der Waals surface area contributed by atoms with Crippen LogP contribution in [-0.4, -0.2) is 51.9 Å². The smallest absolute Gasteiger partial charge is 0.164 e. The first kappa shape index (κ1) is 9.91. The average Bonchev–Trinajstić information content (AvgIpc) is 2.03. The number of hydrogen-bond donors (Lipinski definition) is 1. The lowest BCUT2D eigenvalue weighted by atomic mass is 10.4. The van der Waals surface area contributed by atoms with E-state index >= 15 is 0 Å². The van der Waals surface area contributed by atoms with Crippen molar-refractivity contribution in [1.29, 1.82) is 0 Å². The molecule has 1 aliphatic rings. The van der Waals surface area contributed by atoms with E-state index in [9.17, 15) is 8.42 Å². The van der Waals surface area contributed by atoms with E-state index < -0.39 is 15.2 Å². The minimum atomic E-state index is -3.00. The molecule has 1 N–H and O–H groups in total. The molecule has 0 radical (unpaired) electrons. The van der Waals surface area contributed by atoms with E-state index in [2.05, 4.69) is 5.32 Å². The van der Waals surface area contributed by atoms with E-state index in [1.165, 1.54) is 6.26 Å². The van der Waals surface area contributed by atoms with E-state index in [1.807, 2.05) is 0 Å². The molecule has 0 aliphatic carbocycles. The molecular weight excluding hydrogens is 180 g/mol. The Morgan fingerprint density at radius 3 is 2.75 bits per heavy atom. The first-order valence-corrected chi connectivity index (χ1v) is 5.71. The second kappa shape index (κ2) is 3.69. The van der Waals surface area contributed by atoms with Crippen LogP contribution in [-0.2, 0) is 14.7 Å². The third kappa shape index (κ3) is 2.41. The molecule has 0 spiro atoms. The van der Waals surface area contributed by atoms with Crippen LogP contribution >= 0.6 is 0 Å². The quantitative estimate of drug-likeness (QED) is 0.600. The zero-order valence-corrected chi connectivity index (χ0v) is 8.10. The number of hydrogen-bond acceptors (Lipinski definition) is 5. The van der Waals surface area contributed by atoms with Gasteiger partial charge in [0.05, 0.1) is 13.7 Å². The van der Waals surface area contributed by atoms with Crippen LogP contribution in [0.15, 0.2) is 0 Å². The van der Waals surface area contributed by atoms with Gasteiger partial charge in [0.1, 0.15) is 5.37 Å². The van der Waals surface area contributed by atoms with E-state index in [0.29, 0.717) is 13.1 Å². The maximum absolute atomic E-state index is 11.1. The maximum atomic E-state index is 11.1. The van der Waals surface area contributed by atoms with Gasteiger partial charge in [-0.25, -0.2) is 8.42 Å².